The molecule has 17 heavy (non-hydrogen) atoms. The number of hydrogen-bond acceptors (Lipinski definition) is 3. The molecular weight excluding hydrogens is 212 g/mol. The van der Waals surface area contributed by atoms with Crippen molar-refractivity contribution in [2.45, 2.75) is 26.8 Å². The van der Waals surface area contributed by atoms with Gasteiger partial charge in [-0.1, -0.05) is 12.1 Å². The Labute approximate surface area is 104 Å². The van der Waals surface area contributed by atoms with E-state index >= 15 is 0 Å². The quantitative estimate of drug-likeness (QED) is 0.742. The van der Waals surface area contributed by atoms with Gasteiger partial charge in [0.1, 0.15) is 5.75 Å². The van der Waals surface area contributed by atoms with Crippen LogP contribution >= 0.6 is 0 Å². The summed E-state index contributed by atoms with van der Waals surface area (Å²) in [5.41, 5.74) is 3.15. The summed E-state index contributed by atoms with van der Waals surface area (Å²) in [5.74, 6) is 0.418. The first kappa shape index (κ1) is 14.0. The van der Waals surface area contributed by atoms with Crippen LogP contribution in [0.3, 0.4) is 0 Å². The molecule has 0 spiro atoms. The van der Waals surface area contributed by atoms with Gasteiger partial charge in [0.2, 0.25) is 0 Å². The first-order chi connectivity index (χ1) is 8.00. The van der Waals surface area contributed by atoms with E-state index in [1.165, 1.54) is 5.56 Å². The van der Waals surface area contributed by atoms with Crippen molar-refractivity contribution in [3.8, 4) is 5.75 Å². The second-order valence-electron chi connectivity index (χ2n) is 4.91. The molecule has 0 aliphatic heterocycles. The molecule has 1 aromatic carbocycles. The molecule has 0 radical (unpaired) electrons. The van der Waals surface area contributed by atoms with Gasteiger partial charge in [-0.05, 0) is 64.1 Å². The van der Waals surface area contributed by atoms with E-state index in [0.717, 1.165) is 37.2 Å². The average molecular weight is 236 g/mol. The van der Waals surface area contributed by atoms with Crippen LogP contribution in [0.15, 0.2) is 12.1 Å². The maximum Gasteiger partial charge on any atom is 0.121 e. The fraction of sp³-hybridized carbons (Fsp3) is 0.571. The van der Waals surface area contributed by atoms with Crippen molar-refractivity contribution < 1.29 is 5.11 Å². The first-order valence-corrected chi connectivity index (χ1v) is 6.15. The highest BCUT2D eigenvalue weighted by Crippen LogP contribution is 2.22. The fourth-order valence-electron chi connectivity index (χ4n) is 1.90. The van der Waals surface area contributed by atoms with Crippen molar-refractivity contribution in [3.63, 3.8) is 0 Å². The Kier molecular flexibility index (Phi) is 5.45. The van der Waals surface area contributed by atoms with E-state index in [0.29, 0.717) is 5.75 Å². The van der Waals surface area contributed by atoms with Crippen LogP contribution in [0, 0.1) is 13.8 Å². The van der Waals surface area contributed by atoms with Crippen LogP contribution in [0.5, 0.6) is 5.75 Å². The maximum absolute atomic E-state index is 9.68. The minimum Gasteiger partial charge on any atom is -0.507 e. The number of hydrogen-bond donors (Lipinski definition) is 2. The second-order valence-corrected chi connectivity index (χ2v) is 4.91. The lowest BCUT2D eigenvalue weighted by Crippen LogP contribution is -2.21. The molecule has 0 saturated carbocycles. The van der Waals surface area contributed by atoms with Crippen molar-refractivity contribution in [1.82, 2.24) is 10.2 Å². The summed E-state index contributed by atoms with van der Waals surface area (Å²) < 4.78 is 0. The molecule has 0 saturated heterocycles. The van der Waals surface area contributed by atoms with Gasteiger partial charge >= 0.3 is 0 Å². The highest BCUT2D eigenvalue weighted by Gasteiger charge is 2.02. The van der Waals surface area contributed by atoms with Crippen molar-refractivity contribution >= 4 is 0 Å². The van der Waals surface area contributed by atoms with Crippen LogP contribution in [0.4, 0.5) is 0 Å². The molecule has 0 fully saturated rings. The van der Waals surface area contributed by atoms with Gasteiger partial charge in [0, 0.05) is 6.54 Å². The predicted molar refractivity (Wildman–Crippen MR) is 72.5 cm³/mol. The summed E-state index contributed by atoms with van der Waals surface area (Å²) in [4.78, 5) is 2.19. The Morgan fingerprint density at radius 3 is 2.29 bits per heavy atom. The highest BCUT2D eigenvalue weighted by molar-refractivity contribution is 5.42. The summed E-state index contributed by atoms with van der Waals surface area (Å²) in [6.07, 6.45) is 1.16. The summed E-state index contributed by atoms with van der Waals surface area (Å²) in [7, 11) is 4.18. The molecule has 0 aliphatic carbocycles. The third kappa shape index (κ3) is 4.75. The molecular formula is C14H24N2O. The van der Waals surface area contributed by atoms with E-state index in [2.05, 4.69) is 24.3 Å². The molecule has 3 heteroatoms. The molecule has 2 N–H and O–H groups in total. The van der Waals surface area contributed by atoms with Gasteiger partial charge in [0.15, 0.2) is 0 Å². The van der Waals surface area contributed by atoms with Gasteiger partial charge in [-0.3, -0.25) is 0 Å². The zero-order chi connectivity index (χ0) is 12.8. The molecule has 0 unspecified atom stereocenters. The zero-order valence-corrected chi connectivity index (χ0v) is 11.4. The predicted octanol–water partition coefficient (Wildman–Crippen LogP) is 2.05. The van der Waals surface area contributed by atoms with Crippen molar-refractivity contribution in [2.24, 2.45) is 0 Å². The van der Waals surface area contributed by atoms with Crippen molar-refractivity contribution in [1.29, 1.82) is 0 Å². The lowest BCUT2D eigenvalue weighted by Gasteiger charge is -2.11. The molecule has 96 valence electrons. The number of benzene rings is 1. The minimum absolute atomic E-state index is 0.418. The SMILES string of the molecule is Cc1cc(CNCCCN(C)C)cc(C)c1O. The highest BCUT2D eigenvalue weighted by atomic mass is 16.3. The lowest BCUT2D eigenvalue weighted by molar-refractivity contribution is 0.394. The number of nitrogens with one attached hydrogen (secondary N) is 1. The van der Waals surface area contributed by atoms with E-state index in [-0.39, 0.29) is 0 Å². The van der Waals surface area contributed by atoms with Gasteiger partial charge in [0.25, 0.3) is 0 Å². The molecule has 1 rings (SSSR count). The van der Waals surface area contributed by atoms with E-state index in [4.69, 9.17) is 0 Å². The Balaban J connectivity index is 2.37. The smallest absolute Gasteiger partial charge is 0.121 e. The third-order valence-corrected chi connectivity index (χ3v) is 2.84. The largest absolute Gasteiger partial charge is 0.507 e. The molecule has 0 aromatic heterocycles. The molecule has 3 nitrogen and oxygen atoms in total. The Morgan fingerprint density at radius 2 is 1.76 bits per heavy atom. The zero-order valence-electron chi connectivity index (χ0n) is 11.4. The number of phenolic OH excluding ortho intramolecular Hbond substituents is 1. The summed E-state index contributed by atoms with van der Waals surface area (Å²) in [5, 5.41) is 13.1. The number of nitrogens with zero attached hydrogens (tertiary/aromatic N) is 1. The topological polar surface area (TPSA) is 35.5 Å². The number of aromatic hydroxyl groups is 1. The molecule has 0 amide bonds. The summed E-state index contributed by atoms with van der Waals surface area (Å²) in [6.45, 7) is 6.89. The van der Waals surface area contributed by atoms with E-state index < -0.39 is 0 Å². The number of rotatable bonds is 6. The van der Waals surface area contributed by atoms with E-state index in [9.17, 15) is 5.11 Å². The second kappa shape index (κ2) is 6.62. The van der Waals surface area contributed by atoms with Crippen LogP contribution in [-0.4, -0.2) is 37.2 Å². The molecule has 0 aliphatic rings. The van der Waals surface area contributed by atoms with Crippen molar-refractivity contribution in [2.75, 3.05) is 27.2 Å². The summed E-state index contributed by atoms with van der Waals surface area (Å²) in [6, 6.07) is 4.09. The van der Waals surface area contributed by atoms with Crippen LogP contribution < -0.4 is 5.32 Å². The monoisotopic (exact) mass is 236 g/mol. The minimum atomic E-state index is 0.418. The fourth-order valence-corrected chi connectivity index (χ4v) is 1.90. The number of aryl methyl sites for hydroxylation is 2. The average Bonchev–Trinajstić information content (AvgIpc) is 2.25. The van der Waals surface area contributed by atoms with Gasteiger partial charge in [-0.2, -0.15) is 0 Å². The normalized spacial score (nSPS) is 11.1. The van der Waals surface area contributed by atoms with Gasteiger partial charge in [-0.25, -0.2) is 0 Å². The van der Waals surface area contributed by atoms with E-state index in [1.807, 2.05) is 26.0 Å². The Bertz CT molecular complexity index is 338. The Hall–Kier alpha value is -1.06. The standard InChI is InChI=1S/C14H24N2O/c1-11-8-13(9-12(2)14(11)17)10-15-6-5-7-16(3)4/h8-9,15,17H,5-7,10H2,1-4H3. The van der Waals surface area contributed by atoms with Gasteiger partial charge < -0.3 is 15.3 Å². The van der Waals surface area contributed by atoms with Crippen molar-refractivity contribution in [3.05, 3.63) is 28.8 Å². The first-order valence-electron chi connectivity index (χ1n) is 6.15. The van der Waals surface area contributed by atoms with Gasteiger partial charge in [0.05, 0.1) is 0 Å². The Morgan fingerprint density at radius 1 is 1.18 bits per heavy atom. The van der Waals surface area contributed by atoms with Crippen LogP contribution in [0.25, 0.3) is 0 Å². The van der Waals surface area contributed by atoms with E-state index in [1.54, 1.807) is 0 Å². The molecule has 1 aromatic rings. The van der Waals surface area contributed by atoms with Crippen LogP contribution in [-0.2, 0) is 6.54 Å². The molecule has 0 atom stereocenters. The maximum atomic E-state index is 9.68. The van der Waals surface area contributed by atoms with Gasteiger partial charge in [-0.15, -0.1) is 0 Å². The van der Waals surface area contributed by atoms with Crippen LogP contribution in [0.2, 0.25) is 0 Å². The third-order valence-electron chi connectivity index (χ3n) is 2.84. The summed E-state index contributed by atoms with van der Waals surface area (Å²) >= 11 is 0. The lowest BCUT2D eigenvalue weighted by atomic mass is 10.1. The molecule has 0 bridgehead atoms. The van der Waals surface area contributed by atoms with Crippen LogP contribution in [0.1, 0.15) is 23.1 Å². The number of phenols is 1. The molecule has 0 heterocycles.